The van der Waals surface area contributed by atoms with Gasteiger partial charge in [0.15, 0.2) is 0 Å². The number of nitrogens with two attached hydrogens (primary N) is 1. The molecule has 7 nitrogen and oxygen atoms in total. The summed E-state index contributed by atoms with van der Waals surface area (Å²) in [5, 5.41) is 8.20. The number of hydrogen-bond acceptors (Lipinski definition) is 4. The number of nitrogens with one attached hydrogen (secondary N) is 2. The number of sulfonamides is 1. The smallest absolute Gasteiger partial charge is 0.213 e. The SMILES string of the molecule is CCNS(=O)(=O)CCN=C(N)NO. The van der Waals surface area contributed by atoms with E-state index >= 15 is 0 Å². The molecule has 0 fully saturated rings. The zero-order valence-corrected chi connectivity index (χ0v) is 8.13. The lowest BCUT2D eigenvalue weighted by molar-refractivity contribution is 0.232. The predicted octanol–water partition coefficient (Wildman–Crippen LogP) is -1.78. The molecule has 13 heavy (non-hydrogen) atoms. The monoisotopic (exact) mass is 210 g/mol. The number of rotatable bonds is 5. The van der Waals surface area contributed by atoms with Crippen LogP contribution in [0.5, 0.6) is 0 Å². The van der Waals surface area contributed by atoms with Crippen LogP contribution in [0.15, 0.2) is 4.99 Å². The Morgan fingerprint density at radius 1 is 1.62 bits per heavy atom. The van der Waals surface area contributed by atoms with Gasteiger partial charge in [0.25, 0.3) is 0 Å². The first-order valence-corrected chi connectivity index (χ1v) is 5.34. The van der Waals surface area contributed by atoms with E-state index in [0.717, 1.165) is 0 Å². The Bertz CT molecular complexity index is 261. The first-order valence-electron chi connectivity index (χ1n) is 3.69. The molecule has 0 spiro atoms. The van der Waals surface area contributed by atoms with Crippen molar-refractivity contribution < 1.29 is 13.6 Å². The Hall–Kier alpha value is -0.860. The highest BCUT2D eigenvalue weighted by molar-refractivity contribution is 7.89. The number of hydrogen-bond donors (Lipinski definition) is 4. The van der Waals surface area contributed by atoms with Gasteiger partial charge in [-0.1, -0.05) is 6.92 Å². The minimum absolute atomic E-state index is 0.00866. The van der Waals surface area contributed by atoms with Gasteiger partial charge in [0, 0.05) is 6.54 Å². The van der Waals surface area contributed by atoms with Crippen molar-refractivity contribution in [2.75, 3.05) is 18.8 Å². The van der Waals surface area contributed by atoms with Crippen LogP contribution in [0.2, 0.25) is 0 Å². The highest BCUT2D eigenvalue weighted by atomic mass is 32.2. The van der Waals surface area contributed by atoms with Crippen LogP contribution in [-0.4, -0.2) is 38.4 Å². The van der Waals surface area contributed by atoms with Gasteiger partial charge >= 0.3 is 0 Å². The van der Waals surface area contributed by atoms with Gasteiger partial charge in [0.2, 0.25) is 16.0 Å². The second-order valence-electron chi connectivity index (χ2n) is 2.20. The van der Waals surface area contributed by atoms with Gasteiger partial charge in [0.05, 0.1) is 12.3 Å². The molecule has 0 aromatic rings. The Morgan fingerprint density at radius 2 is 2.23 bits per heavy atom. The van der Waals surface area contributed by atoms with Crippen molar-refractivity contribution in [1.29, 1.82) is 0 Å². The minimum atomic E-state index is -3.26. The fourth-order valence-electron chi connectivity index (χ4n) is 0.614. The molecule has 8 heteroatoms. The standard InChI is InChI=1S/C5H14N4O3S/c1-2-8-13(11,12)4-3-7-5(6)9-10/h8,10H,2-4H2,1H3,(H3,6,7,9). The third-order valence-corrected chi connectivity index (χ3v) is 2.57. The summed E-state index contributed by atoms with van der Waals surface area (Å²) in [6.07, 6.45) is 0. The van der Waals surface area contributed by atoms with Crippen molar-refractivity contribution in [2.45, 2.75) is 6.92 Å². The van der Waals surface area contributed by atoms with Crippen molar-refractivity contribution in [3.05, 3.63) is 0 Å². The van der Waals surface area contributed by atoms with Gasteiger partial charge < -0.3 is 5.73 Å². The predicted molar refractivity (Wildman–Crippen MR) is 48.9 cm³/mol. The molecule has 0 aromatic carbocycles. The summed E-state index contributed by atoms with van der Waals surface area (Å²) in [6.45, 7) is 2.04. The molecule has 0 radical (unpaired) electrons. The van der Waals surface area contributed by atoms with Crippen molar-refractivity contribution in [1.82, 2.24) is 10.2 Å². The molecular formula is C5H14N4O3S. The topological polar surface area (TPSA) is 117 Å². The van der Waals surface area contributed by atoms with Crippen molar-refractivity contribution in [3.8, 4) is 0 Å². The quantitative estimate of drug-likeness (QED) is 0.243. The van der Waals surface area contributed by atoms with Gasteiger partial charge in [-0.3, -0.25) is 10.2 Å². The highest BCUT2D eigenvalue weighted by Gasteiger charge is 2.06. The molecule has 78 valence electrons. The van der Waals surface area contributed by atoms with Crippen LogP contribution in [0.4, 0.5) is 0 Å². The first-order chi connectivity index (χ1) is 6.02. The molecule has 0 unspecified atom stereocenters. The maximum absolute atomic E-state index is 11.0. The summed E-state index contributed by atoms with van der Waals surface area (Å²) in [5.41, 5.74) is 6.65. The Labute approximate surface area is 77.0 Å². The van der Waals surface area contributed by atoms with E-state index in [1.807, 2.05) is 0 Å². The normalized spacial score (nSPS) is 12.9. The summed E-state index contributed by atoms with van der Waals surface area (Å²) in [7, 11) is -3.26. The number of aliphatic imine (C=N–C) groups is 1. The molecule has 0 aliphatic heterocycles. The molecule has 0 rings (SSSR count). The molecule has 0 bridgehead atoms. The maximum atomic E-state index is 11.0. The second kappa shape index (κ2) is 5.73. The summed E-state index contributed by atoms with van der Waals surface area (Å²) in [6, 6.07) is 0. The number of guanidine groups is 1. The molecule has 0 saturated carbocycles. The van der Waals surface area contributed by atoms with E-state index in [0.29, 0.717) is 6.54 Å². The van der Waals surface area contributed by atoms with E-state index in [9.17, 15) is 8.42 Å². The zero-order chi connectivity index (χ0) is 10.3. The number of nitrogens with zero attached hydrogens (tertiary/aromatic N) is 1. The van der Waals surface area contributed by atoms with E-state index in [1.165, 1.54) is 0 Å². The third-order valence-electron chi connectivity index (χ3n) is 1.12. The molecular weight excluding hydrogens is 196 g/mol. The fraction of sp³-hybridized carbons (Fsp3) is 0.800. The Kier molecular flexibility index (Phi) is 5.35. The van der Waals surface area contributed by atoms with Gasteiger partial charge in [-0.15, -0.1) is 0 Å². The van der Waals surface area contributed by atoms with Crippen LogP contribution in [0.1, 0.15) is 6.92 Å². The molecule has 0 aliphatic carbocycles. The van der Waals surface area contributed by atoms with Crippen LogP contribution >= 0.6 is 0 Å². The van der Waals surface area contributed by atoms with E-state index in [1.54, 1.807) is 12.4 Å². The maximum Gasteiger partial charge on any atom is 0.213 e. The van der Waals surface area contributed by atoms with Crippen LogP contribution < -0.4 is 15.9 Å². The summed E-state index contributed by atoms with van der Waals surface area (Å²) >= 11 is 0. The molecule has 0 aromatic heterocycles. The first kappa shape index (κ1) is 12.1. The van der Waals surface area contributed by atoms with E-state index < -0.39 is 10.0 Å². The minimum Gasteiger partial charge on any atom is -0.368 e. The Balaban J connectivity index is 3.89. The van der Waals surface area contributed by atoms with E-state index in [-0.39, 0.29) is 18.3 Å². The lowest BCUT2D eigenvalue weighted by atomic mass is 10.8. The average molecular weight is 210 g/mol. The van der Waals surface area contributed by atoms with Gasteiger partial charge in [-0.05, 0) is 0 Å². The Morgan fingerprint density at radius 3 is 2.69 bits per heavy atom. The summed E-state index contributed by atoms with van der Waals surface area (Å²) in [5.74, 6) is -0.352. The van der Waals surface area contributed by atoms with Gasteiger partial charge in [0.1, 0.15) is 0 Å². The average Bonchev–Trinajstić information content (AvgIpc) is 2.03. The second-order valence-corrected chi connectivity index (χ2v) is 4.12. The largest absolute Gasteiger partial charge is 0.368 e. The third kappa shape index (κ3) is 6.31. The lowest BCUT2D eigenvalue weighted by Gasteiger charge is -2.01. The lowest BCUT2D eigenvalue weighted by Crippen LogP contribution is -2.31. The van der Waals surface area contributed by atoms with Crippen LogP contribution in [-0.2, 0) is 10.0 Å². The summed E-state index contributed by atoms with van der Waals surface area (Å²) in [4.78, 5) is 3.52. The van der Waals surface area contributed by atoms with Gasteiger partial charge in [-0.25, -0.2) is 18.6 Å². The fourth-order valence-corrected chi connectivity index (χ4v) is 1.53. The van der Waals surface area contributed by atoms with Crippen LogP contribution in [0.25, 0.3) is 0 Å². The van der Waals surface area contributed by atoms with Crippen LogP contribution in [0.3, 0.4) is 0 Å². The molecule has 0 atom stereocenters. The molecule has 0 amide bonds. The van der Waals surface area contributed by atoms with Gasteiger partial charge in [-0.2, -0.15) is 0 Å². The van der Waals surface area contributed by atoms with E-state index in [4.69, 9.17) is 10.9 Å². The molecule has 5 N–H and O–H groups in total. The molecule has 0 saturated heterocycles. The van der Waals surface area contributed by atoms with Crippen LogP contribution in [0, 0.1) is 0 Å². The summed E-state index contributed by atoms with van der Waals surface area (Å²) < 4.78 is 24.3. The van der Waals surface area contributed by atoms with Crippen molar-refractivity contribution in [2.24, 2.45) is 10.7 Å². The number of hydroxylamine groups is 1. The van der Waals surface area contributed by atoms with Crippen molar-refractivity contribution in [3.63, 3.8) is 0 Å². The zero-order valence-electron chi connectivity index (χ0n) is 7.32. The highest BCUT2D eigenvalue weighted by Crippen LogP contribution is 1.83. The van der Waals surface area contributed by atoms with Crippen molar-refractivity contribution >= 4 is 16.0 Å². The molecule has 0 heterocycles. The van der Waals surface area contributed by atoms with E-state index in [2.05, 4.69) is 9.71 Å². The molecule has 0 aliphatic rings.